The van der Waals surface area contributed by atoms with E-state index in [4.69, 9.17) is 4.74 Å². The van der Waals surface area contributed by atoms with Crippen LogP contribution in [-0.4, -0.2) is 47.7 Å². The smallest absolute Gasteiger partial charge is 0.409 e. The van der Waals surface area contributed by atoms with Gasteiger partial charge in [0.15, 0.2) is 0 Å². The van der Waals surface area contributed by atoms with Gasteiger partial charge in [0.1, 0.15) is 0 Å². The lowest BCUT2D eigenvalue weighted by molar-refractivity contribution is 0.0959. The van der Waals surface area contributed by atoms with Crippen molar-refractivity contribution in [2.45, 2.75) is 32.7 Å². The number of nitrogens with one attached hydrogen (secondary N) is 2. The highest BCUT2D eigenvalue weighted by Gasteiger charge is 2.24. The molecule has 7 nitrogen and oxygen atoms in total. The Labute approximate surface area is 150 Å². The third-order valence-corrected chi connectivity index (χ3v) is 5.04. The first-order valence-corrected chi connectivity index (χ1v) is 9.23. The molecular weight excluding hydrogens is 340 g/mol. The van der Waals surface area contributed by atoms with Crippen molar-refractivity contribution >= 4 is 39.4 Å². The van der Waals surface area contributed by atoms with Gasteiger partial charge < -0.3 is 20.3 Å². The van der Waals surface area contributed by atoms with Gasteiger partial charge in [-0.2, -0.15) is 0 Å². The second-order valence-electron chi connectivity index (χ2n) is 5.97. The van der Waals surface area contributed by atoms with E-state index in [0.29, 0.717) is 19.7 Å². The Morgan fingerprint density at radius 2 is 2.12 bits per heavy atom. The van der Waals surface area contributed by atoms with E-state index >= 15 is 0 Å². The molecule has 0 unspecified atom stereocenters. The average molecular weight is 362 g/mol. The fourth-order valence-electron chi connectivity index (χ4n) is 2.89. The van der Waals surface area contributed by atoms with Gasteiger partial charge in [-0.3, -0.25) is 0 Å². The molecule has 1 fully saturated rings. The highest BCUT2D eigenvalue weighted by Crippen LogP contribution is 2.24. The van der Waals surface area contributed by atoms with Crippen LogP contribution in [0.1, 0.15) is 24.8 Å². The number of fused-ring (bicyclic) bond motifs is 1. The second-order valence-corrected chi connectivity index (χ2v) is 7.21. The van der Waals surface area contributed by atoms with Gasteiger partial charge in [-0.05, 0) is 44.9 Å². The number of amides is 3. The van der Waals surface area contributed by atoms with Crippen LogP contribution in [0.5, 0.6) is 0 Å². The first-order valence-electron chi connectivity index (χ1n) is 8.41. The molecule has 2 aromatic rings. The summed E-state index contributed by atoms with van der Waals surface area (Å²) in [5.74, 6) is 0. The summed E-state index contributed by atoms with van der Waals surface area (Å²) in [5, 5.41) is 6.84. The van der Waals surface area contributed by atoms with E-state index in [1.807, 2.05) is 25.1 Å². The molecular formula is C17H22N4O3S. The van der Waals surface area contributed by atoms with Gasteiger partial charge in [0.2, 0.25) is 0 Å². The standard InChI is InChI=1S/C17H22N4O3S/c1-3-24-17(23)21-8-6-12(7-9-21)19-16(22)20-13-4-5-14-15(10-13)25-11(2)18-14/h4-5,10,12H,3,6-9H2,1-2H3,(H2,19,20,22). The van der Waals surface area contributed by atoms with Crippen molar-refractivity contribution in [1.82, 2.24) is 15.2 Å². The Balaban J connectivity index is 1.50. The first-order chi connectivity index (χ1) is 12.0. The summed E-state index contributed by atoms with van der Waals surface area (Å²) >= 11 is 1.60. The molecule has 134 valence electrons. The van der Waals surface area contributed by atoms with Crippen LogP contribution < -0.4 is 10.6 Å². The van der Waals surface area contributed by atoms with Gasteiger partial charge in [-0.1, -0.05) is 0 Å². The zero-order valence-electron chi connectivity index (χ0n) is 14.4. The van der Waals surface area contributed by atoms with E-state index in [0.717, 1.165) is 33.8 Å². The Morgan fingerprint density at radius 1 is 1.36 bits per heavy atom. The summed E-state index contributed by atoms with van der Waals surface area (Å²) in [6.07, 6.45) is 1.16. The predicted octanol–water partition coefficient (Wildman–Crippen LogP) is 3.35. The maximum atomic E-state index is 12.2. The summed E-state index contributed by atoms with van der Waals surface area (Å²) in [6, 6.07) is 5.52. The first kappa shape index (κ1) is 17.5. The Kier molecular flexibility index (Phi) is 5.37. The molecule has 2 N–H and O–H groups in total. The number of thiazole rings is 1. The van der Waals surface area contributed by atoms with Gasteiger partial charge in [0, 0.05) is 24.8 Å². The Morgan fingerprint density at radius 3 is 2.84 bits per heavy atom. The van der Waals surface area contributed by atoms with Gasteiger partial charge in [-0.25, -0.2) is 14.6 Å². The number of ether oxygens (including phenoxy) is 1. The number of benzene rings is 1. The van der Waals surface area contributed by atoms with Crippen LogP contribution in [0.15, 0.2) is 18.2 Å². The molecule has 3 rings (SSSR count). The van der Waals surface area contributed by atoms with Crippen LogP contribution >= 0.6 is 11.3 Å². The molecule has 0 bridgehead atoms. The minimum atomic E-state index is -0.279. The van der Waals surface area contributed by atoms with Crippen LogP contribution in [0.3, 0.4) is 0 Å². The molecule has 1 aromatic carbocycles. The number of carbonyl (C=O) groups is 2. The molecule has 0 atom stereocenters. The molecule has 2 heterocycles. The van der Waals surface area contributed by atoms with E-state index < -0.39 is 0 Å². The number of nitrogens with zero attached hydrogens (tertiary/aromatic N) is 2. The zero-order valence-corrected chi connectivity index (χ0v) is 15.2. The molecule has 3 amide bonds. The second kappa shape index (κ2) is 7.69. The Hall–Kier alpha value is -2.35. The zero-order chi connectivity index (χ0) is 17.8. The van der Waals surface area contributed by atoms with Gasteiger partial charge in [0.05, 0.1) is 21.8 Å². The van der Waals surface area contributed by atoms with Crippen molar-refractivity contribution in [3.05, 3.63) is 23.2 Å². The number of aryl methyl sites for hydroxylation is 1. The van der Waals surface area contributed by atoms with Crippen molar-refractivity contribution in [1.29, 1.82) is 0 Å². The normalized spacial score (nSPS) is 15.2. The molecule has 25 heavy (non-hydrogen) atoms. The topological polar surface area (TPSA) is 83.6 Å². The monoisotopic (exact) mass is 362 g/mol. The number of hydrogen-bond donors (Lipinski definition) is 2. The van der Waals surface area contributed by atoms with Crippen LogP contribution in [0.4, 0.5) is 15.3 Å². The predicted molar refractivity (Wildman–Crippen MR) is 98.1 cm³/mol. The third-order valence-electron chi connectivity index (χ3n) is 4.11. The van der Waals surface area contributed by atoms with E-state index in [1.54, 1.807) is 23.2 Å². The van der Waals surface area contributed by atoms with Crippen LogP contribution in [0.2, 0.25) is 0 Å². The van der Waals surface area contributed by atoms with Gasteiger partial charge in [-0.15, -0.1) is 11.3 Å². The van der Waals surface area contributed by atoms with E-state index in [9.17, 15) is 9.59 Å². The average Bonchev–Trinajstić information content (AvgIpc) is 2.95. The summed E-state index contributed by atoms with van der Waals surface area (Å²) < 4.78 is 6.05. The number of rotatable bonds is 3. The number of hydrogen-bond acceptors (Lipinski definition) is 5. The summed E-state index contributed by atoms with van der Waals surface area (Å²) in [4.78, 5) is 30.0. The van der Waals surface area contributed by atoms with Gasteiger partial charge in [0.25, 0.3) is 0 Å². The lowest BCUT2D eigenvalue weighted by Gasteiger charge is -2.31. The van der Waals surface area contributed by atoms with Crippen LogP contribution in [0.25, 0.3) is 10.2 Å². The van der Waals surface area contributed by atoms with Crippen molar-refractivity contribution in [2.75, 3.05) is 25.0 Å². The molecule has 1 aliphatic heterocycles. The number of anilines is 1. The summed E-state index contributed by atoms with van der Waals surface area (Å²) in [7, 11) is 0. The van der Waals surface area contributed by atoms with Crippen molar-refractivity contribution in [3.63, 3.8) is 0 Å². The maximum absolute atomic E-state index is 12.2. The number of piperidine rings is 1. The van der Waals surface area contributed by atoms with Crippen molar-refractivity contribution in [3.8, 4) is 0 Å². The molecule has 0 aliphatic carbocycles. The van der Waals surface area contributed by atoms with E-state index in [1.165, 1.54) is 0 Å². The number of likely N-dealkylation sites (tertiary alicyclic amines) is 1. The van der Waals surface area contributed by atoms with Crippen LogP contribution in [0, 0.1) is 6.92 Å². The summed E-state index contributed by atoms with van der Waals surface area (Å²) in [6.45, 7) is 5.32. The highest BCUT2D eigenvalue weighted by molar-refractivity contribution is 7.18. The molecule has 1 saturated heterocycles. The fourth-order valence-corrected chi connectivity index (χ4v) is 3.76. The minimum Gasteiger partial charge on any atom is -0.450 e. The maximum Gasteiger partial charge on any atom is 0.409 e. The van der Waals surface area contributed by atoms with Crippen molar-refractivity contribution in [2.24, 2.45) is 0 Å². The quantitative estimate of drug-likeness (QED) is 0.877. The highest BCUT2D eigenvalue weighted by atomic mass is 32.1. The van der Waals surface area contributed by atoms with E-state index in [-0.39, 0.29) is 18.2 Å². The number of urea groups is 1. The lowest BCUT2D eigenvalue weighted by atomic mass is 10.1. The SMILES string of the molecule is CCOC(=O)N1CCC(NC(=O)Nc2ccc3nc(C)sc3c2)CC1. The third kappa shape index (κ3) is 4.39. The summed E-state index contributed by atoms with van der Waals surface area (Å²) in [5.41, 5.74) is 1.69. The Bertz CT molecular complexity index is 768. The molecule has 0 saturated carbocycles. The van der Waals surface area contributed by atoms with Gasteiger partial charge >= 0.3 is 12.1 Å². The van der Waals surface area contributed by atoms with Crippen molar-refractivity contribution < 1.29 is 14.3 Å². The van der Waals surface area contributed by atoms with Crippen LogP contribution in [-0.2, 0) is 4.74 Å². The molecule has 1 aromatic heterocycles. The fraction of sp³-hybridized carbons (Fsp3) is 0.471. The molecule has 8 heteroatoms. The largest absolute Gasteiger partial charge is 0.450 e. The number of carbonyl (C=O) groups excluding carboxylic acids is 2. The lowest BCUT2D eigenvalue weighted by Crippen LogP contribution is -2.47. The van der Waals surface area contributed by atoms with E-state index in [2.05, 4.69) is 15.6 Å². The number of aromatic nitrogens is 1. The molecule has 0 spiro atoms. The molecule has 1 aliphatic rings. The molecule has 0 radical (unpaired) electrons. The minimum absolute atomic E-state index is 0.0556.